The molecular formula is C30H31FN2O5. The van der Waals surface area contributed by atoms with Gasteiger partial charge >= 0.3 is 5.97 Å². The van der Waals surface area contributed by atoms with E-state index in [1.165, 1.54) is 22.8 Å². The number of carboxylic acids is 1. The highest BCUT2D eigenvalue weighted by atomic mass is 19.1. The van der Waals surface area contributed by atoms with E-state index in [2.05, 4.69) is 11.4 Å². The van der Waals surface area contributed by atoms with Crippen LogP contribution in [0.2, 0.25) is 0 Å². The third-order valence-electron chi connectivity index (χ3n) is 6.40. The molecule has 38 heavy (non-hydrogen) atoms. The lowest BCUT2D eigenvalue weighted by atomic mass is 9.94. The molecular weight excluding hydrogens is 487 g/mol. The normalized spacial score (nSPS) is 10.9. The van der Waals surface area contributed by atoms with E-state index in [4.69, 9.17) is 9.84 Å². The molecule has 198 valence electrons. The smallest absolute Gasteiger partial charge is 0.303 e. The fraction of sp³-hybridized carbons (Fsp3) is 0.233. The number of hydrogen-bond acceptors (Lipinski definition) is 5. The molecule has 0 saturated heterocycles. The van der Waals surface area contributed by atoms with Crippen molar-refractivity contribution in [3.8, 4) is 28.6 Å². The van der Waals surface area contributed by atoms with Gasteiger partial charge in [0.15, 0.2) is 11.8 Å². The van der Waals surface area contributed by atoms with E-state index in [0.717, 1.165) is 27.8 Å². The Labute approximate surface area is 220 Å². The zero-order valence-corrected chi connectivity index (χ0v) is 21.4. The molecule has 0 aliphatic heterocycles. The quantitative estimate of drug-likeness (QED) is 0.193. The fourth-order valence-corrected chi connectivity index (χ4v) is 4.54. The van der Waals surface area contributed by atoms with E-state index in [1.807, 2.05) is 44.2 Å². The van der Waals surface area contributed by atoms with Crippen LogP contribution in [0.1, 0.15) is 28.7 Å². The fourth-order valence-electron chi connectivity index (χ4n) is 4.54. The summed E-state index contributed by atoms with van der Waals surface area (Å²) in [6.45, 7) is 5.15. The van der Waals surface area contributed by atoms with Gasteiger partial charge in [-0.05, 0) is 84.0 Å². The van der Waals surface area contributed by atoms with Crippen molar-refractivity contribution in [1.82, 2.24) is 4.57 Å². The monoisotopic (exact) mass is 518 g/mol. The van der Waals surface area contributed by atoms with Gasteiger partial charge in [0.25, 0.3) is 0 Å². The van der Waals surface area contributed by atoms with Crippen molar-refractivity contribution < 1.29 is 29.2 Å². The van der Waals surface area contributed by atoms with E-state index in [0.29, 0.717) is 30.1 Å². The number of halogens is 1. The minimum Gasteiger partial charge on any atom is -0.494 e. The highest BCUT2D eigenvalue weighted by Crippen LogP contribution is 2.32. The topological polar surface area (TPSA) is 104 Å². The molecule has 1 aromatic heterocycles. The number of rotatable bonds is 11. The maximum atomic E-state index is 14.4. The molecule has 0 aliphatic rings. The summed E-state index contributed by atoms with van der Waals surface area (Å²) in [5.41, 5.74) is 6.31. The molecule has 0 spiro atoms. The first-order chi connectivity index (χ1) is 18.2. The Kier molecular flexibility index (Phi) is 8.21. The van der Waals surface area contributed by atoms with E-state index in [1.54, 1.807) is 12.1 Å². The number of aromatic nitrogens is 1. The lowest BCUT2D eigenvalue weighted by molar-refractivity contribution is -0.136. The molecule has 0 radical (unpaired) electrons. The van der Waals surface area contributed by atoms with Gasteiger partial charge < -0.3 is 25.4 Å². The van der Waals surface area contributed by atoms with Gasteiger partial charge in [-0.25, -0.2) is 4.39 Å². The lowest BCUT2D eigenvalue weighted by Crippen LogP contribution is -2.07. The summed E-state index contributed by atoms with van der Waals surface area (Å²) in [5, 5.41) is 31.6. The first-order valence-electron chi connectivity index (χ1n) is 12.4. The second-order valence-electron chi connectivity index (χ2n) is 9.24. The first-order valence-corrected chi connectivity index (χ1v) is 12.4. The number of carbonyl (C=O) groups is 1. The molecule has 3 aromatic carbocycles. The predicted octanol–water partition coefficient (Wildman–Crippen LogP) is 6.03. The standard InChI is InChI=1S/C30H31FN2O5/c1-19-14-25(38-13-12-33-27(34)9-10-28(33)35)15-20(2)30(19)23-5-3-4-21(16-23)18-32-24-8-6-22(26(31)17-24)7-11-29(36)37/h3-6,8-10,14-17,32,34-35H,7,11-13,18H2,1-2H3,(H,36,37). The zero-order chi connectivity index (χ0) is 27.2. The van der Waals surface area contributed by atoms with Crippen LogP contribution in [-0.4, -0.2) is 32.5 Å². The van der Waals surface area contributed by atoms with Crippen LogP contribution in [0, 0.1) is 19.7 Å². The van der Waals surface area contributed by atoms with Crippen molar-refractivity contribution in [3.05, 3.63) is 94.8 Å². The minimum atomic E-state index is -0.950. The average molecular weight is 519 g/mol. The summed E-state index contributed by atoms with van der Waals surface area (Å²) >= 11 is 0. The van der Waals surface area contributed by atoms with E-state index < -0.39 is 11.8 Å². The third-order valence-corrected chi connectivity index (χ3v) is 6.40. The van der Waals surface area contributed by atoms with Gasteiger partial charge in [0.05, 0.1) is 6.54 Å². The van der Waals surface area contributed by atoms with Gasteiger partial charge in [-0.3, -0.25) is 9.36 Å². The van der Waals surface area contributed by atoms with Crippen molar-refractivity contribution in [2.24, 2.45) is 0 Å². The van der Waals surface area contributed by atoms with Crippen molar-refractivity contribution in [2.75, 3.05) is 11.9 Å². The van der Waals surface area contributed by atoms with Gasteiger partial charge in [0.1, 0.15) is 18.2 Å². The van der Waals surface area contributed by atoms with Crippen LogP contribution in [0.3, 0.4) is 0 Å². The molecule has 0 unspecified atom stereocenters. The molecule has 1 heterocycles. The van der Waals surface area contributed by atoms with Crippen LogP contribution in [-0.2, 0) is 24.3 Å². The zero-order valence-electron chi connectivity index (χ0n) is 21.4. The van der Waals surface area contributed by atoms with Gasteiger partial charge in [-0.1, -0.05) is 24.3 Å². The molecule has 0 amide bonds. The Morgan fingerprint density at radius 2 is 1.68 bits per heavy atom. The van der Waals surface area contributed by atoms with E-state index >= 15 is 0 Å². The summed E-state index contributed by atoms with van der Waals surface area (Å²) in [4.78, 5) is 10.7. The van der Waals surface area contributed by atoms with Gasteiger partial charge in [0, 0.05) is 30.8 Å². The SMILES string of the molecule is Cc1cc(OCCn2c(O)ccc2O)cc(C)c1-c1cccc(CNc2ccc(CCC(=O)O)c(F)c2)c1. The molecule has 0 atom stereocenters. The summed E-state index contributed by atoms with van der Waals surface area (Å²) in [6, 6.07) is 19.7. The molecule has 0 aliphatic carbocycles. The first kappa shape index (κ1) is 26.6. The lowest BCUT2D eigenvalue weighted by Gasteiger charge is -2.16. The Balaban J connectivity index is 1.41. The summed E-state index contributed by atoms with van der Waals surface area (Å²) < 4.78 is 21.6. The number of carboxylic acid groups (broad SMARTS) is 1. The number of ether oxygens (including phenoxy) is 1. The number of nitrogens with zero attached hydrogens (tertiary/aromatic N) is 1. The Bertz CT molecular complexity index is 1400. The van der Waals surface area contributed by atoms with Crippen molar-refractivity contribution in [2.45, 2.75) is 39.8 Å². The number of benzene rings is 3. The number of aryl methyl sites for hydroxylation is 3. The highest BCUT2D eigenvalue weighted by Gasteiger charge is 2.11. The summed E-state index contributed by atoms with van der Waals surface area (Å²) in [7, 11) is 0. The van der Waals surface area contributed by atoms with Gasteiger partial charge in [0.2, 0.25) is 0 Å². The van der Waals surface area contributed by atoms with Crippen molar-refractivity contribution in [3.63, 3.8) is 0 Å². The molecule has 0 bridgehead atoms. The second kappa shape index (κ2) is 11.7. The predicted molar refractivity (Wildman–Crippen MR) is 144 cm³/mol. The van der Waals surface area contributed by atoms with E-state index in [-0.39, 0.29) is 31.2 Å². The minimum absolute atomic E-state index is 0.0129. The molecule has 0 saturated carbocycles. The number of nitrogens with one attached hydrogen (secondary N) is 1. The molecule has 8 heteroatoms. The molecule has 4 rings (SSSR count). The Morgan fingerprint density at radius 3 is 2.34 bits per heavy atom. The number of aromatic hydroxyl groups is 2. The number of anilines is 1. The maximum absolute atomic E-state index is 14.4. The van der Waals surface area contributed by atoms with Crippen molar-refractivity contribution in [1.29, 1.82) is 0 Å². The van der Waals surface area contributed by atoms with Crippen LogP contribution in [0.5, 0.6) is 17.5 Å². The summed E-state index contributed by atoms with van der Waals surface area (Å²) in [5.74, 6) is -0.682. The number of hydrogen-bond donors (Lipinski definition) is 4. The van der Waals surface area contributed by atoms with Crippen LogP contribution < -0.4 is 10.1 Å². The highest BCUT2D eigenvalue weighted by molar-refractivity contribution is 5.72. The number of aliphatic carboxylic acids is 1. The third kappa shape index (κ3) is 6.45. The largest absolute Gasteiger partial charge is 0.494 e. The molecule has 0 fully saturated rings. The average Bonchev–Trinajstić information content (AvgIpc) is 3.19. The Hall–Kier alpha value is -4.46. The molecule has 4 aromatic rings. The van der Waals surface area contributed by atoms with Crippen LogP contribution >= 0.6 is 0 Å². The Morgan fingerprint density at radius 1 is 0.974 bits per heavy atom. The second-order valence-corrected chi connectivity index (χ2v) is 9.24. The molecule has 4 N–H and O–H groups in total. The summed E-state index contributed by atoms with van der Waals surface area (Å²) in [6.07, 6.45) is 0.0532. The van der Waals surface area contributed by atoms with Crippen LogP contribution in [0.15, 0.2) is 66.7 Å². The maximum Gasteiger partial charge on any atom is 0.303 e. The van der Waals surface area contributed by atoms with Gasteiger partial charge in [-0.15, -0.1) is 0 Å². The van der Waals surface area contributed by atoms with Gasteiger partial charge in [-0.2, -0.15) is 0 Å². The van der Waals surface area contributed by atoms with Crippen LogP contribution in [0.25, 0.3) is 11.1 Å². The van der Waals surface area contributed by atoms with Crippen molar-refractivity contribution >= 4 is 11.7 Å². The van der Waals surface area contributed by atoms with Crippen LogP contribution in [0.4, 0.5) is 10.1 Å². The molecule has 7 nitrogen and oxygen atoms in total. The van der Waals surface area contributed by atoms with E-state index in [9.17, 15) is 19.4 Å².